The summed E-state index contributed by atoms with van der Waals surface area (Å²) >= 11 is 0. The Labute approximate surface area is 113 Å². The number of nitrogens with one attached hydrogen (secondary N) is 1. The van der Waals surface area contributed by atoms with E-state index >= 15 is 0 Å². The fourth-order valence-corrected chi connectivity index (χ4v) is 2.33. The number of hydrogen-bond donors (Lipinski definition) is 1. The summed E-state index contributed by atoms with van der Waals surface area (Å²) in [7, 11) is 1.35. The number of nitrogens with zero attached hydrogens (tertiary/aromatic N) is 1. The summed E-state index contributed by atoms with van der Waals surface area (Å²) in [5, 5.41) is 3.43. The van der Waals surface area contributed by atoms with Crippen molar-refractivity contribution < 1.29 is 14.3 Å². The van der Waals surface area contributed by atoms with Crippen molar-refractivity contribution in [2.45, 2.75) is 38.3 Å². The van der Waals surface area contributed by atoms with Crippen molar-refractivity contribution in [1.29, 1.82) is 0 Å². The Morgan fingerprint density at radius 1 is 1.58 bits per heavy atom. The van der Waals surface area contributed by atoms with Gasteiger partial charge in [0.2, 0.25) is 0 Å². The minimum absolute atomic E-state index is 0.103. The van der Waals surface area contributed by atoms with E-state index < -0.39 is 5.97 Å². The maximum atomic E-state index is 11.4. The van der Waals surface area contributed by atoms with Gasteiger partial charge in [0.15, 0.2) is 0 Å². The molecule has 2 rings (SSSR count). The molecule has 0 radical (unpaired) electrons. The lowest BCUT2D eigenvalue weighted by molar-refractivity contribution is -0.0553. The zero-order chi connectivity index (χ0) is 13.9. The summed E-state index contributed by atoms with van der Waals surface area (Å²) in [4.78, 5) is 15.4. The van der Waals surface area contributed by atoms with E-state index in [4.69, 9.17) is 4.74 Å². The summed E-state index contributed by atoms with van der Waals surface area (Å²) in [5.41, 5.74) is 1.10. The first-order valence-corrected chi connectivity index (χ1v) is 6.45. The van der Waals surface area contributed by atoms with Crippen molar-refractivity contribution >= 4 is 11.7 Å². The molecule has 0 aliphatic carbocycles. The predicted molar refractivity (Wildman–Crippen MR) is 72.3 cm³/mol. The van der Waals surface area contributed by atoms with Crippen LogP contribution in [0.3, 0.4) is 0 Å². The number of pyridine rings is 1. The molecule has 2 heterocycles. The molecule has 104 valence electrons. The summed E-state index contributed by atoms with van der Waals surface area (Å²) in [5.74, 6) is -0.420. The van der Waals surface area contributed by atoms with Gasteiger partial charge in [-0.25, -0.2) is 9.78 Å². The largest absolute Gasteiger partial charge is 0.464 e. The van der Waals surface area contributed by atoms with Crippen LogP contribution >= 0.6 is 0 Å². The highest BCUT2D eigenvalue weighted by Crippen LogP contribution is 2.26. The van der Waals surface area contributed by atoms with Gasteiger partial charge in [-0.05, 0) is 38.8 Å². The molecule has 0 aromatic carbocycles. The molecule has 0 amide bonds. The first-order valence-electron chi connectivity index (χ1n) is 6.45. The quantitative estimate of drug-likeness (QED) is 0.848. The van der Waals surface area contributed by atoms with Crippen molar-refractivity contribution in [1.82, 2.24) is 4.98 Å². The highest BCUT2D eigenvalue weighted by atomic mass is 16.5. The SMILES string of the molecule is COC(=O)c1cc(NC2CCOC(C)(C)C2)ccn1. The molecule has 1 aliphatic rings. The second-order valence-electron chi connectivity index (χ2n) is 5.36. The van der Waals surface area contributed by atoms with Crippen LogP contribution in [0, 0.1) is 0 Å². The molecule has 1 atom stereocenters. The minimum Gasteiger partial charge on any atom is -0.464 e. The molecule has 5 nitrogen and oxygen atoms in total. The van der Waals surface area contributed by atoms with E-state index in [1.807, 2.05) is 6.07 Å². The smallest absolute Gasteiger partial charge is 0.356 e. The van der Waals surface area contributed by atoms with Gasteiger partial charge < -0.3 is 14.8 Å². The number of esters is 1. The fraction of sp³-hybridized carbons (Fsp3) is 0.571. The Morgan fingerprint density at radius 2 is 2.37 bits per heavy atom. The van der Waals surface area contributed by atoms with Crippen molar-refractivity contribution in [2.24, 2.45) is 0 Å². The highest BCUT2D eigenvalue weighted by Gasteiger charge is 2.28. The molecule has 0 saturated carbocycles. The van der Waals surface area contributed by atoms with Gasteiger partial charge in [0.25, 0.3) is 0 Å². The van der Waals surface area contributed by atoms with Crippen LogP contribution in [0.25, 0.3) is 0 Å². The zero-order valence-electron chi connectivity index (χ0n) is 11.6. The van der Waals surface area contributed by atoms with Crippen LogP contribution in [0.1, 0.15) is 37.2 Å². The molecule has 19 heavy (non-hydrogen) atoms. The molecular formula is C14H20N2O3. The normalized spacial score (nSPS) is 21.7. The van der Waals surface area contributed by atoms with Gasteiger partial charge in [0.1, 0.15) is 5.69 Å². The average Bonchev–Trinajstić information content (AvgIpc) is 2.37. The Bertz CT molecular complexity index is 460. The number of methoxy groups -OCH3 is 1. The van der Waals surface area contributed by atoms with Crippen molar-refractivity contribution in [2.75, 3.05) is 19.0 Å². The van der Waals surface area contributed by atoms with E-state index in [0.29, 0.717) is 11.7 Å². The highest BCUT2D eigenvalue weighted by molar-refractivity contribution is 5.88. The lowest BCUT2D eigenvalue weighted by Crippen LogP contribution is -2.40. The number of aromatic nitrogens is 1. The molecule has 1 aromatic rings. The van der Waals surface area contributed by atoms with Crippen LogP contribution in [-0.2, 0) is 9.47 Å². The fourth-order valence-electron chi connectivity index (χ4n) is 2.33. The van der Waals surface area contributed by atoms with E-state index in [9.17, 15) is 4.79 Å². The standard InChI is InChI=1S/C14H20N2O3/c1-14(2)9-11(5-7-19-14)16-10-4-6-15-12(8-10)13(17)18-3/h4,6,8,11H,5,7,9H2,1-3H3,(H,15,16). The molecule has 0 spiro atoms. The molecular weight excluding hydrogens is 244 g/mol. The van der Waals surface area contributed by atoms with E-state index in [1.165, 1.54) is 7.11 Å². The van der Waals surface area contributed by atoms with Crippen LogP contribution in [0.15, 0.2) is 18.3 Å². The molecule has 1 unspecified atom stereocenters. The van der Waals surface area contributed by atoms with Crippen LogP contribution in [0.4, 0.5) is 5.69 Å². The average molecular weight is 264 g/mol. The third kappa shape index (κ3) is 3.67. The van der Waals surface area contributed by atoms with Gasteiger partial charge in [-0.3, -0.25) is 0 Å². The Morgan fingerprint density at radius 3 is 3.05 bits per heavy atom. The molecule has 0 bridgehead atoms. The van der Waals surface area contributed by atoms with Gasteiger partial charge in [-0.15, -0.1) is 0 Å². The molecule has 1 aliphatic heterocycles. The van der Waals surface area contributed by atoms with Crippen LogP contribution in [0.5, 0.6) is 0 Å². The van der Waals surface area contributed by atoms with Crippen LogP contribution < -0.4 is 5.32 Å². The maximum Gasteiger partial charge on any atom is 0.356 e. The number of carbonyl (C=O) groups is 1. The van der Waals surface area contributed by atoms with Crippen molar-refractivity contribution in [3.63, 3.8) is 0 Å². The lowest BCUT2D eigenvalue weighted by Gasteiger charge is -2.36. The van der Waals surface area contributed by atoms with E-state index in [1.54, 1.807) is 12.3 Å². The maximum absolute atomic E-state index is 11.4. The van der Waals surface area contributed by atoms with Crippen LogP contribution in [0.2, 0.25) is 0 Å². The topological polar surface area (TPSA) is 60.5 Å². The molecule has 1 aromatic heterocycles. The summed E-state index contributed by atoms with van der Waals surface area (Å²) < 4.78 is 10.4. The van der Waals surface area contributed by atoms with Gasteiger partial charge >= 0.3 is 5.97 Å². The lowest BCUT2D eigenvalue weighted by atomic mass is 9.94. The number of anilines is 1. The Balaban J connectivity index is 2.05. The number of carbonyl (C=O) groups excluding carboxylic acids is 1. The van der Waals surface area contributed by atoms with Gasteiger partial charge in [-0.1, -0.05) is 0 Å². The zero-order valence-corrected chi connectivity index (χ0v) is 11.6. The number of rotatable bonds is 3. The van der Waals surface area contributed by atoms with Crippen molar-refractivity contribution in [3.05, 3.63) is 24.0 Å². The summed E-state index contributed by atoms with van der Waals surface area (Å²) in [6, 6.07) is 3.92. The summed E-state index contributed by atoms with van der Waals surface area (Å²) in [6.07, 6.45) is 3.50. The van der Waals surface area contributed by atoms with E-state index in [2.05, 4.69) is 28.9 Å². The molecule has 1 N–H and O–H groups in total. The van der Waals surface area contributed by atoms with Gasteiger partial charge in [0, 0.05) is 24.5 Å². The van der Waals surface area contributed by atoms with Gasteiger partial charge in [0.05, 0.1) is 12.7 Å². The second-order valence-corrected chi connectivity index (χ2v) is 5.36. The Hall–Kier alpha value is -1.62. The van der Waals surface area contributed by atoms with E-state index in [-0.39, 0.29) is 5.60 Å². The third-order valence-corrected chi connectivity index (χ3v) is 3.22. The molecule has 1 fully saturated rings. The van der Waals surface area contributed by atoms with E-state index in [0.717, 1.165) is 25.1 Å². The minimum atomic E-state index is -0.420. The first kappa shape index (κ1) is 13.8. The third-order valence-electron chi connectivity index (χ3n) is 3.22. The number of hydrogen-bond acceptors (Lipinski definition) is 5. The van der Waals surface area contributed by atoms with Crippen molar-refractivity contribution in [3.8, 4) is 0 Å². The number of ether oxygens (including phenoxy) is 2. The summed E-state index contributed by atoms with van der Waals surface area (Å²) in [6.45, 7) is 4.93. The first-order chi connectivity index (χ1) is 9.00. The Kier molecular flexibility index (Phi) is 4.04. The molecule has 1 saturated heterocycles. The van der Waals surface area contributed by atoms with Gasteiger partial charge in [-0.2, -0.15) is 0 Å². The molecule has 5 heteroatoms. The second kappa shape index (κ2) is 5.57. The predicted octanol–water partition coefficient (Wildman–Crippen LogP) is 2.24. The van der Waals surface area contributed by atoms with Crippen LogP contribution in [-0.4, -0.2) is 36.3 Å². The monoisotopic (exact) mass is 264 g/mol.